The molecule has 0 aliphatic carbocycles. The molecule has 0 aromatic carbocycles. The van der Waals surface area contributed by atoms with Gasteiger partial charge in [0.1, 0.15) is 21.9 Å². The molecule has 0 bridgehead atoms. The van der Waals surface area contributed by atoms with Gasteiger partial charge in [0.25, 0.3) is 0 Å². The highest BCUT2D eigenvalue weighted by atomic mass is 32.2. The van der Waals surface area contributed by atoms with E-state index in [1.54, 1.807) is 0 Å². The van der Waals surface area contributed by atoms with Crippen LogP contribution in [0, 0.1) is 5.53 Å². The molecule has 0 saturated heterocycles. The van der Waals surface area contributed by atoms with Crippen molar-refractivity contribution in [1.29, 1.82) is 5.53 Å². The molecule has 0 spiro atoms. The summed E-state index contributed by atoms with van der Waals surface area (Å²) >= 11 is 0. The minimum Gasteiger partial charge on any atom is -0.548 e. The average molecular weight is 221 g/mol. The molecule has 1 unspecified atom stereocenters. The van der Waals surface area contributed by atoms with E-state index >= 15 is 0 Å². The number of aliphatic carboxylic acids is 1. The Morgan fingerprint density at radius 3 is 2.43 bits per heavy atom. The molecule has 0 aromatic heterocycles. The molecule has 0 aromatic rings. The van der Waals surface area contributed by atoms with Crippen molar-refractivity contribution in [3.63, 3.8) is 0 Å². The average Bonchev–Trinajstić information content (AvgIpc) is 2.02. The van der Waals surface area contributed by atoms with Crippen LogP contribution in [0.15, 0.2) is 5.11 Å². The lowest BCUT2D eigenvalue weighted by Crippen LogP contribution is -2.51. The van der Waals surface area contributed by atoms with Gasteiger partial charge in [-0.25, -0.2) is 8.42 Å². The van der Waals surface area contributed by atoms with Crippen molar-refractivity contribution in [2.75, 3.05) is 12.8 Å². The van der Waals surface area contributed by atoms with Crippen molar-refractivity contribution < 1.29 is 18.3 Å². The van der Waals surface area contributed by atoms with Gasteiger partial charge >= 0.3 is 0 Å². The van der Waals surface area contributed by atoms with Crippen LogP contribution in [0.4, 0.5) is 0 Å². The number of carboxylic acid groups (broad SMARTS) is 1. The Kier molecular flexibility index (Phi) is 3.91. The number of nitrogens with one attached hydrogen (secondary N) is 1. The number of hydrogen-bond donors (Lipinski definition) is 1. The molecule has 1 atom stereocenters. The zero-order chi connectivity index (χ0) is 11.4. The van der Waals surface area contributed by atoms with Gasteiger partial charge in [0, 0.05) is 6.26 Å². The highest BCUT2D eigenvalue weighted by Gasteiger charge is 2.37. The maximum absolute atomic E-state index is 11.1. The van der Waals surface area contributed by atoms with E-state index in [1.165, 1.54) is 0 Å². The van der Waals surface area contributed by atoms with Gasteiger partial charge in [-0.3, -0.25) is 0 Å². The van der Waals surface area contributed by atoms with Crippen LogP contribution in [0.3, 0.4) is 0 Å². The Labute approximate surface area is 81.3 Å². The van der Waals surface area contributed by atoms with Crippen LogP contribution >= 0.6 is 0 Å². The third kappa shape index (κ3) is 2.61. The van der Waals surface area contributed by atoms with Crippen LogP contribution in [0.5, 0.6) is 0 Å². The van der Waals surface area contributed by atoms with E-state index in [0.29, 0.717) is 0 Å². The lowest BCUT2D eigenvalue weighted by molar-refractivity contribution is -0.309. The first-order valence-electron chi connectivity index (χ1n) is 3.70. The zero-order valence-electron chi connectivity index (χ0n) is 7.85. The van der Waals surface area contributed by atoms with Crippen LogP contribution in [0.1, 0.15) is 13.3 Å². The molecule has 80 valence electrons. The van der Waals surface area contributed by atoms with Gasteiger partial charge in [0.15, 0.2) is 9.84 Å². The van der Waals surface area contributed by atoms with E-state index in [2.05, 4.69) is 10.0 Å². The third-order valence-corrected chi connectivity index (χ3v) is 4.02. The van der Waals surface area contributed by atoms with Gasteiger partial charge in [0.2, 0.25) is 4.91 Å². The van der Waals surface area contributed by atoms with Gasteiger partial charge in [-0.1, -0.05) is 0 Å². The molecule has 0 heterocycles. The molecule has 1 N–H and O–H groups in total. The molecule has 0 amide bonds. The summed E-state index contributed by atoms with van der Waals surface area (Å²) < 4.78 is 20.3. The summed E-state index contributed by atoms with van der Waals surface area (Å²) in [6.45, 7) is 0.915. The third-order valence-electron chi connectivity index (χ3n) is 2.01. The smallest absolute Gasteiger partial charge is 0.214 e. The minimum absolute atomic E-state index is 0.138. The second kappa shape index (κ2) is 4.30. The van der Waals surface area contributed by atoms with Crippen LogP contribution in [-0.2, 0) is 14.6 Å². The SMILES string of the molecule is CC(CCN=[N+]=N)(C(=O)[O-])S(C)(=O)=O. The number of carbonyl (C=O) groups excluding carboxylic acids is 1. The molecule has 7 nitrogen and oxygen atoms in total. The van der Waals surface area contributed by atoms with Crippen molar-refractivity contribution in [2.45, 2.75) is 18.1 Å². The summed E-state index contributed by atoms with van der Waals surface area (Å²) in [5.74, 6) is -1.67. The first-order chi connectivity index (χ1) is 6.25. The lowest BCUT2D eigenvalue weighted by Gasteiger charge is -2.26. The number of carboxylic acids is 1. The predicted octanol–water partition coefficient (Wildman–Crippen LogP) is -1.52. The van der Waals surface area contributed by atoms with Crippen molar-refractivity contribution in [1.82, 2.24) is 4.91 Å². The topological polar surface area (TPSA) is 125 Å². The molecule has 14 heavy (non-hydrogen) atoms. The largest absolute Gasteiger partial charge is 0.548 e. The van der Waals surface area contributed by atoms with E-state index < -0.39 is 20.6 Å². The van der Waals surface area contributed by atoms with Crippen LogP contribution in [0.25, 0.3) is 0 Å². The molecule has 0 radical (unpaired) electrons. The van der Waals surface area contributed by atoms with Crippen LogP contribution in [-0.4, -0.2) is 31.9 Å². The van der Waals surface area contributed by atoms with Gasteiger partial charge < -0.3 is 9.90 Å². The van der Waals surface area contributed by atoms with E-state index in [1.807, 2.05) is 0 Å². The van der Waals surface area contributed by atoms with E-state index in [0.717, 1.165) is 13.2 Å². The maximum Gasteiger partial charge on any atom is 0.214 e. The second-order valence-corrected chi connectivity index (χ2v) is 5.45. The Morgan fingerprint density at radius 1 is 1.64 bits per heavy atom. The quantitative estimate of drug-likeness (QED) is 0.447. The highest BCUT2D eigenvalue weighted by molar-refractivity contribution is 7.92. The Balaban J connectivity index is 4.94. The first-order valence-corrected chi connectivity index (χ1v) is 5.59. The molecule has 0 aliphatic rings. The van der Waals surface area contributed by atoms with Crippen LogP contribution in [0.2, 0.25) is 0 Å². The van der Waals surface area contributed by atoms with Gasteiger partial charge in [0.05, 0.1) is 5.97 Å². The first kappa shape index (κ1) is 12.7. The maximum atomic E-state index is 11.1. The summed E-state index contributed by atoms with van der Waals surface area (Å²) in [7, 11) is -3.77. The van der Waals surface area contributed by atoms with E-state index in [4.69, 9.17) is 5.53 Å². The monoisotopic (exact) mass is 221 g/mol. The van der Waals surface area contributed by atoms with Crippen molar-refractivity contribution in [3.8, 4) is 0 Å². The van der Waals surface area contributed by atoms with Gasteiger partial charge in [-0.2, -0.15) is 0 Å². The Morgan fingerprint density at radius 2 is 2.14 bits per heavy atom. The van der Waals surface area contributed by atoms with Crippen molar-refractivity contribution in [3.05, 3.63) is 0 Å². The predicted molar refractivity (Wildman–Crippen MR) is 45.0 cm³/mol. The van der Waals surface area contributed by atoms with E-state index in [-0.39, 0.29) is 13.0 Å². The van der Waals surface area contributed by atoms with Gasteiger partial charge in [-0.05, 0) is 13.3 Å². The number of carbonyl (C=O) groups is 1. The number of rotatable bonds is 5. The van der Waals surface area contributed by atoms with Crippen LogP contribution < -0.4 is 10.0 Å². The Bertz CT molecular complexity index is 371. The standard InChI is InChI=1S/C6H11N3O4S/c1-6(5(10)11,14(2,12)13)3-4-8-9-7/h7H,3-4H2,1-2H3. The zero-order valence-corrected chi connectivity index (χ0v) is 8.67. The normalized spacial score (nSPS) is 15.3. The number of nitrogens with zero attached hydrogens (tertiary/aromatic N) is 2. The van der Waals surface area contributed by atoms with E-state index in [9.17, 15) is 18.3 Å². The molecule has 8 heteroatoms. The lowest BCUT2D eigenvalue weighted by atomic mass is 10.1. The molecular weight excluding hydrogens is 210 g/mol. The molecule has 0 fully saturated rings. The second-order valence-electron chi connectivity index (χ2n) is 3.01. The number of sulfone groups is 1. The molecule has 0 saturated carbocycles. The Hall–Kier alpha value is -1.27. The fraction of sp³-hybridized carbons (Fsp3) is 0.833. The highest BCUT2D eigenvalue weighted by Crippen LogP contribution is 2.19. The summed E-state index contributed by atoms with van der Waals surface area (Å²) in [4.78, 5) is 13.3. The van der Waals surface area contributed by atoms with Gasteiger partial charge in [-0.15, -0.1) is 0 Å². The van der Waals surface area contributed by atoms with Crippen molar-refractivity contribution in [2.24, 2.45) is 5.11 Å². The number of hydrogen-bond acceptors (Lipinski definition) is 6. The summed E-state index contributed by atoms with van der Waals surface area (Å²) in [6.07, 6.45) is 0.567. The summed E-state index contributed by atoms with van der Waals surface area (Å²) in [5, 5.41) is 13.8. The molecule has 0 aliphatic heterocycles. The minimum atomic E-state index is -3.77. The van der Waals surface area contributed by atoms with Crippen molar-refractivity contribution >= 4 is 15.8 Å². The summed E-state index contributed by atoms with van der Waals surface area (Å²) in [6, 6.07) is 0. The fourth-order valence-electron chi connectivity index (χ4n) is 0.752. The molecular formula is C6H11N3O4S. The fourth-order valence-corrected chi connectivity index (χ4v) is 1.52. The summed E-state index contributed by atoms with van der Waals surface area (Å²) in [5.41, 5.74) is 6.32. The molecule has 0 rings (SSSR count).